The van der Waals surface area contributed by atoms with Gasteiger partial charge in [-0.3, -0.25) is 4.90 Å². The van der Waals surface area contributed by atoms with Crippen LogP contribution in [0.4, 0.5) is 4.79 Å². The molecule has 1 amide bonds. The van der Waals surface area contributed by atoms with E-state index in [1.54, 1.807) is 13.2 Å². The zero-order valence-electron chi connectivity index (χ0n) is 15.9. The maximum Gasteiger partial charge on any atom is 0.411 e. The third-order valence-electron chi connectivity index (χ3n) is 4.92. The zero-order valence-corrected chi connectivity index (χ0v) is 15.9. The van der Waals surface area contributed by atoms with Crippen LogP contribution in [0.3, 0.4) is 0 Å². The average Bonchev–Trinajstić information content (AvgIpc) is 2.58. The maximum atomic E-state index is 12.7. The summed E-state index contributed by atoms with van der Waals surface area (Å²) in [4.78, 5) is 14.6. The van der Waals surface area contributed by atoms with Gasteiger partial charge >= 0.3 is 6.09 Å². The summed E-state index contributed by atoms with van der Waals surface area (Å²) < 4.78 is 11.1. The highest BCUT2D eigenvalue weighted by atomic mass is 16.6. The number of fused-ring (bicyclic) bond motifs is 2. The Kier molecular flexibility index (Phi) is 4.95. The summed E-state index contributed by atoms with van der Waals surface area (Å²) in [6, 6.07) is 7.83. The monoisotopic (exact) mass is 354 g/mol. The molecule has 2 atom stereocenters. The molecule has 0 N–H and O–H groups in total. The van der Waals surface area contributed by atoms with Gasteiger partial charge in [-0.05, 0) is 70.2 Å². The Morgan fingerprint density at radius 1 is 1.31 bits per heavy atom. The second kappa shape index (κ2) is 7.03. The van der Waals surface area contributed by atoms with Crippen molar-refractivity contribution in [1.82, 2.24) is 4.90 Å². The van der Waals surface area contributed by atoms with Crippen LogP contribution < -0.4 is 4.74 Å². The van der Waals surface area contributed by atoms with Crippen LogP contribution in [0.5, 0.6) is 5.75 Å². The Morgan fingerprint density at radius 3 is 2.69 bits per heavy atom. The molecule has 1 saturated heterocycles. The van der Waals surface area contributed by atoms with Gasteiger partial charge in [-0.1, -0.05) is 6.08 Å². The number of nitrogens with zero attached hydrogens (tertiary/aromatic N) is 2. The molecule has 0 radical (unpaired) electrons. The molecular formula is C21H26N2O3. The lowest BCUT2D eigenvalue weighted by atomic mass is 9.82. The fourth-order valence-corrected chi connectivity index (χ4v) is 3.86. The lowest BCUT2D eigenvalue weighted by Crippen LogP contribution is -2.53. The molecule has 1 aromatic carbocycles. The molecular weight excluding hydrogens is 328 g/mol. The highest BCUT2D eigenvalue weighted by Gasteiger charge is 2.39. The normalized spacial score (nSPS) is 22.3. The van der Waals surface area contributed by atoms with Crippen molar-refractivity contribution < 1.29 is 14.3 Å². The molecule has 2 heterocycles. The third kappa shape index (κ3) is 3.70. The lowest BCUT2D eigenvalue weighted by Gasteiger charge is -2.45. The Hall–Kier alpha value is -2.48. The van der Waals surface area contributed by atoms with Crippen molar-refractivity contribution in [3.63, 3.8) is 0 Å². The zero-order chi connectivity index (χ0) is 18.9. The van der Waals surface area contributed by atoms with E-state index in [0.717, 1.165) is 42.6 Å². The minimum atomic E-state index is -0.500. The van der Waals surface area contributed by atoms with E-state index >= 15 is 0 Å². The van der Waals surface area contributed by atoms with Crippen molar-refractivity contribution in [1.29, 1.82) is 5.26 Å². The Labute approximate surface area is 155 Å². The predicted molar refractivity (Wildman–Crippen MR) is 99.8 cm³/mol. The number of methoxy groups -OCH3 is 1. The highest BCUT2D eigenvalue weighted by molar-refractivity contribution is 5.77. The predicted octanol–water partition coefficient (Wildman–Crippen LogP) is 4.51. The van der Waals surface area contributed by atoms with E-state index in [0.29, 0.717) is 5.56 Å². The molecule has 2 unspecified atom stereocenters. The van der Waals surface area contributed by atoms with Crippen LogP contribution in [0.15, 0.2) is 24.3 Å². The van der Waals surface area contributed by atoms with Gasteiger partial charge in [0.05, 0.1) is 24.8 Å². The number of carbonyl (C=O) groups excluding carboxylic acids is 1. The summed E-state index contributed by atoms with van der Waals surface area (Å²) in [5, 5.41) is 9.23. The van der Waals surface area contributed by atoms with Gasteiger partial charge in [0.2, 0.25) is 0 Å². The molecule has 2 aliphatic rings. The number of piperidine rings is 1. The number of carbonyl (C=O) groups is 1. The maximum absolute atomic E-state index is 12.7. The van der Waals surface area contributed by atoms with Gasteiger partial charge in [0.15, 0.2) is 0 Å². The second-order valence-electron chi connectivity index (χ2n) is 7.96. The first-order chi connectivity index (χ1) is 12.3. The van der Waals surface area contributed by atoms with Crippen LogP contribution in [-0.4, -0.2) is 35.8 Å². The molecule has 0 saturated carbocycles. The molecule has 0 spiro atoms. The second-order valence-corrected chi connectivity index (χ2v) is 7.96. The molecule has 0 aliphatic carbocycles. The van der Waals surface area contributed by atoms with E-state index in [1.165, 1.54) is 0 Å². The number of amides is 1. The fraction of sp³-hybridized carbons (Fsp3) is 0.524. The Balaban J connectivity index is 1.94. The van der Waals surface area contributed by atoms with Gasteiger partial charge in [-0.2, -0.15) is 5.26 Å². The first kappa shape index (κ1) is 18.3. The first-order valence-electron chi connectivity index (χ1n) is 9.13. The molecule has 0 aromatic heterocycles. The minimum Gasteiger partial charge on any atom is -0.496 e. The van der Waals surface area contributed by atoms with Crippen molar-refractivity contribution in [2.45, 2.75) is 64.1 Å². The van der Waals surface area contributed by atoms with Gasteiger partial charge in [-0.25, -0.2) is 4.79 Å². The van der Waals surface area contributed by atoms with E-state index in [4.69, 9.17) is 9.47 Å². The largest absolute Gasteiger partial charge is 0.496 e. The van der Waals surface area contributed by atoms with Crippen LogP contribution in [0.2, 0.25) is 0 Å². The molecule has 1 aromatic rings. The standard InChI is InChI=1S/C21H26N2O3/c1-21(2,3)26-20(24)23-16-6-5-7-17(23)12-15(11-16)18-10-14(13-22)8-9-19(18)25-4/h8-11,16-17H,5-7,12H2,1-4H3. The van der Waals surface area contributed by atoms with E-state index < -0.39 is 5.60 Å². The van der Waals surface area contributed by atoms with Crippen molar-refractivity contribution in [3.8, 4) is 11.8 Å². The Morgan fingerprint density at radius 2 is 2.08 bits per heavy atom. The smallest absolute Gasteiger partial charge is 0.411 e. The number of benzene rings is 1. The molecule has 5 heteroatoms. The molecule has 5 nitrogen and oxygen atoms in total. The summed E-state index contributed by atoms with van der Waals surface area (Å²) in [6.07, 6.45) is 5.67. The number of ether oxygens (including phenoxy) is 2. The number of hydrogen-bond donors (Lipinski definition) is 0. The van der Waals surface area contributed by atoms with Crippen LogP contribution in [-0.2, 0) is 4.74 Å². The molecule has 138 valence electrons. The summed E-state index contributed by atoms with van der Waals surface area (Å²) >= 11 is 0. The summed E-state index contributed by atoms with van der Waals surface area (Å²) in [5.41, 5.74) is 2.21. The van der Waals surface area contributed by atoms with Gasteiger partial charge in [-0.15, -0.1) is 0 Å². The van der Waals surface area contributed by atoms with E-state index in [1.807, 2.05) is 37.8 Å². The topological polar surface area (TPSA) is 62.6 Å². The summed E-state index contributed by atoms with van der Waals surface area (Å²) in [5.74, 6) is 0.763. The quantitative estimate of drug-likeness (QED) is 0.784. The Bertz CT molecular complexity index is 770. The lowest BCUT2D eigenvalue weighted by molar-refractivity contribution is 0.0000815. The third-order valence-corrected chi connectivity index (χ3v) is 4.92. The molecule has 2 bridgehead atoms. The average molecular weight is 354 g/mol. The molecule has 3 rings (SSSR count). The summed E-state index contributed by atoms with van der Waals surface area (Å²) in [6.45, 7) is 5.68. The fourth-order valence-electron chi connectivity index (χ4n) is 3.86. The van der Waals surface area contributed by atoms with Gasteiger partial charge in [0.25, 0.3) is 0 Å². The minimum absolute atomic E-state index is 0.0304. The van der Waals surface area contributed by atoms with Gasteiger partial charge in [0.1, 0.15) is 11.4 Å². The van der Waals surface area contributed by atoms with E-state index in [2.05, 4.69) is 12.1 Å². The number of rotatable bonds is 2. The van der Waals surface area contributed by atoms with Crippen LogP contribution in [0.25, 0.3) is 5.57 Å². The van der Waals surface area contributed by atoms with Crippen molar-refractivity contribution in [3.05, 3.63) is 35.4 Å². The van der Waals surface area contributed by atoms with Gasteiger partial charge in [0, 0.05) is 11.6 Å². The SMILES string of the molecule is COc1ccc(C#N)cc1C1=CC2CCCC(C1)N2C(=O)OC(C)(C)C. The van der Waals surface area contributed by atoms with Gasteiger partial charge < -0.3 is 9.47 Å². The van der Waals surface area contributed by atoms with Crippen molar-refractivity contribution >= 4 is 11.7 Å². The molecule has 26 heavy (non-hydrogen) atoms. The van der Waals surface area contributed by atoms with E-state index in [9.17, 15) is 10.1 Å². The van der Waals surface area contributed by atoms with Crippen molar-refractivity contribution in [2.24, 2.45) is 0 Å². The van der Waals surface area contributed by atoms with Crippen molar-refractivity contribution in [2.75, 3.05) is 7.11 Å². The first-order valence-corrected chi connectivity index (χ1v) is 9.13. The molecule has 1 fully saturated rings. The number of hydrogen-bond acceptors (Lipinski definition) is 4. The van der Waals surface area contributed by atoms with E-state index in [-0.39, 0.29) is 18.2 Å². The van der Waals surface area contributed by atoms with Crippen LogP contribution in [0, 0.1) is 11.3 Å². The van der Waals surface area contributed by atoms with Crippen LogP contribution >= 0.6 is 0 Å². The summed E-state index contributed by atoms with van der Waals surface area (Å²) in [7, 11) is 1.64. The highest BCUT2D eigenvalue weighted by Crippen LogP contribution is 2.40. The molecule has 2 aliphatic heterocycles. The number of nitriles is 1. The van der Waals surface area contributed by atoms with Crippen LogP contribution in [0.1, 0.15) is 57.6 Å².